The van der Waals surface area contributed by atoms with Crippen molar-refractivity contribution in [2.24, 2.45) is 0 Å². The van der Waals surface area contributed by atoms with Gasteiger partial charge in [-0.15, -0.1) is 5.10 Å². The van der Waals surface area contributed by atoms with E-state index in [-0.39, 0.29) is 12.0 Å². The third-order valence-electron chi connectivity index (χ3n) is 5.00. The van der Waals surface area contributed by atoms with E-state index in [0.29, 0.717) is 19.0 Å². The molecule has 2 saturated heterocycles. The summed E-state index contributed by atoms with van der Waals surface area (Å²) in [5.41, 5.74) is 0. The molecule has 3 rings (SSSR count). The Morgan fingerprint density at radius 3 is 2.52 bits per heavy atom. The molecule has 3 heterocycles. The van der Waals surface area contributed by atoms with Gasteiger partial charge in [-0.1, -0.05) is 0 Å². The molecule has 23 heavy (non-hydrogen) atoms. The number of nitrogens with zero attached hydrogens (tertiary/aromatic N) is 6. The van der Waals surface area contributed by atoms with Gasteiger partial charge in [-0.2, -0.15) is 0 Å². The lowest BCUT2D eigenvalue weighted by Crippen LogP contribution is -2.49. The van der Waals surface area contributed by atoms with Crippen molar-refractivity contribution in [3.8, 4) is 0 Å². The van der Waals surface area contributed by atoms with Crippen molar-refractivity contribution < 1.29 is 9.90 Å². The molecule has 0 saturated carbocycles. The molecule has 8 nitrogen and oxygen atoms in total. The number of piperidine rings is 2. The molecular weight excluding hydrogens is 296 g/mol. The molecule has 1 aromatic heterocycles. The van der Waals surface area contributed by atoms with Gasteiger partial charge in [-0.3, -0.25) is 4.79 Å². The van der Waals surface area contributed by atoms with Gasteiger partial charge in [0.1, 0.15) is 6.33 Å². The van der Waals surface area contributed by atoms with Gasteiger partial charge >= 0.3 is 0 Å². The van der Waals surface area contributed by atoms with Crippen LogP contribution in [0.1, 0.15) is 38.5 Å². The SMILES string of the molecule is O=C(CCCn1cnnn1)N1CCC(N2CCC(O)CC2)CC1. The van der Waals surface area contributed by atoms with Crippen LogP contribution in [0.2, 0.25) is 0 Å². The zero-order chi connectivity index (χ0) is 16.1. The normalized spacial score (nSPS) is 21.7. The molecule has 1 aromatic rings. The van der Waals surface area contributed by atoms with E-state index in [2.05, 4.69) is 20.4 Å². The highest BCUT2D eigenvalue weighted by atomic mass is 16.3. The van der Waals surface area contributed by atoms with E-state index in [1.807, 2.05) is 4.90 Å². The van der Waals surface area contributed by atoms with Crippen molar-refractivity contribution in [1.29, 1.82) is 0 Å². The van der Waals surface area contributed by atoms with Crippen LogP contribution >= 0.6 is 0 Å². The molecular formula is C15H26N6O2. The summed E-state index contributed by atoms with van der Waals surface area (Å²) in [6, 6.07) is 0.577. The lowest BCUT2D eigenvalue weighted by molar-refractivity contribution is -0.133. The Bertz CT molecular complexity index is 478. The predicted octanol–water partition coefficient (Wildman–Crippen LogP) is -0.0990. The Labute approximate surface area is 136 Å². The smallest absolute Gasteiger partial charge is 0.222 e. The maximum atomic E-state index is 12.3. The molecule has 1 amide bonds. The third kappa shape index (κ3) is 4.48. The number of rotatable bonds is 5. The largest absolute Gasteiger partial charge is 0.393 e. The number of aromatic nitrogens is 4. The summed E-state index contributed by atoms with van der Waals surface area (Å²) in [6.07, 6.45) is 6.66. The highest BCUT2D eigenvalue weighted by molar-refractivity contribution is 5.76. The summed E-state index contributed by atoms with van der Waals surface area (Å²) >= 11 is 0. The Kier molecular flexibility index (Phi) is 5.56. The van der Waals surface area contributed by atoms with E-state index in [4.69, 9.17) is 0 Å². The number of aliphatic hydroxyl groups is 1. The van der Waals surface area contributed by atoms with Crippen molar-refractivity contribution in [3.05, 3.63) is 6.33 Å². The number of carbonyl (C=O) groups excluding carboxylic acids is 1. The average Bonchev–Trinajstić information content (AvgIpc) is 3.09. The average molecular weight is 322 g/mol. The second-order valence-electron chi connectivity index (χ2n) is 6.56. The summed E-state index contributed by atoms with van der Waals surface area (Å²) in [6.45, 7) is 4.38. The van der Waals surface area contributed by atoms with Crippen molar-refractivity contribution in [2.45, 2.75) is 57.2 Å². The second-order valence-corrected chi connectivity index (χ2v) is 6.56. The second kappa shape index (κ2) is 7.83. The van der Waals surface area contributed by atoms with Crippen molar-refractivity contribution in [3.63, 3.8) is 0 Å². The Balaban J connectivity index is 1.35. The number of hydrogen-bond acceptors (Lipinski definition) is 6. The summed E-state index contributed by atoms with van der Waals surface area (Å²) in [7, 11) is 0. The number of tetrazole rings is 1. The van der Waals surface area contributed by atoms with Crippen LogP contribution in [0.4, 0.5) is 0 Å². The Morgan fingerprint density at radius 2 is 1.87 bits per heavy atom. The molecule has 0 bridgehead atoms. The zero-order valence-electron chi connectivity index (χ0n) is 13.5. The predicted molar refractivity (Wildman–Crippen MR) is 83.5 cm³/mol. The fourth-order valence-electron chi connectivity index (χ4n) is 3.56. The molecule has 0 aromatic carbocycles. The van der Waals surface area contributed by atoms with E-state index in [1.165, 1.54) is 0 Å². The van der Waals surface area contributed by atoms with Gasteiger partial charge in [0.2, 0.25) is 5.91 Å². The molecule has 2 fully saturated rings. The third-order valence-corrected chi connectivity index (χ3v) is 5.00. The minimum Gasteiger partial charge on any atom is -0.393 e. The van der Waals surface area contributed by atoms with Crippen LogP contribution in [0.3, 0.4) is 0 Å². The van der Waals surface area contributed by atoms with Crippen molar-refractivity contribution in [1.82, 2.24) is 30.0 Å². The quantitative estimate of drug-likeness (QED) is 0.815. The summed E-state index contributed by atoms with van der Waals surface area (Å²) in [5, 5.41) is 20.6. The minimum absolute atomic E-state index is 0.117. The Morgan fingerprint density at radius 1 is 1.13 bits per heavy atom. The van der Waals surface area contributed by atoms with E-state index in [1.54, 1.807) is 11.0 Å². The minimum atomic E-state index is -0.117. The molecule has 2 aliphatic heterocycles. The fourth-order valence-corrected chi connectivity index (χ4v) is 3.56. The number of carbonyl (C=O) groups is 1. The molecule has 0 radical (unpaired) electrons. The number of aryl methyl sites for hydroxylation is 1. The monoisotopic (exact) mass is 322 g/mol. The lowest BCUT2D eigenvalue weighted by Gasteiger charge is -2.41. The van der Waals surface area contributed by atoms with Crippen molar-refractivity contribution >= 4 is 5.91 Å². The van der Waals surface area contributed by atoms with E-state index >= 15 is 0 Å². The molecule has 1 N–H and O–H groups in total. The highest BCUT2D eigenvalue weighted by Crippen LogP contribution is 2.21. The van der Waals surface area contributed by atoms with Gasteiger partial charge < -0.3 is 14.9 Å². The van der Waals surface area contributed by atoms with Gasteiger partial charge in [-0.05, 0) is 42.5 Å². The maximum Gasteiger partial charge on any atom is 0.222 e. The van der Waals surface area contributed by atoms with E-state index in [0.717, 1.165) is 58.3 Å². The fraction of sp³-hybridized carbons (Fsp3) is 0.867. The van der Waals surface area contributed by atoms with Gasteiger partial charge in [0.25, 0.3) is 0 Å². The van der Waals surface area contributed by atoms with Crippen LogP contribution in [-0.4, -0.2) is 79.3 Å². The topological polar surface area (TPSA) is 87.4 Å². The first-order valence-corrected chi connectivity index (χ1v) is 8.63. The van der Waals surface area contributed by atoms with Crippen molar-refractivity contribution in [2.75, 3.05) is 26.2 Å². The Hall–Kier alpha value is -1.54. The van der Waals surface area contributed by atoms with Gasteiger partial charge in [0, 0.05) is 45.2 Å². The maximum absolute atomic E-state index is 12.3. The first-order valence-electron chi connectivity index (χ1n) is 8.63. The standard InChI is InChI=1S/C15H26N6O2/c22-14-5-10-19(11-6-14)13-3-8-20(9-4-13)15(23)2-1-7-21-12-16-17-18-21/h12-14,22H,1-11H2. The zero-order valence-corrected chi connectivity index (χ0v) is 13.5. The molecule has 0 aliphatic carbocycles. The first kappa shape index (κ1) is 16.3. The molecule has 2 aliphatic rings. The van der Waals surface area contributed by atoms with E-state index < -0.39 is 0 Å². The highest BCUT2D eigenvalue weighted by Gasteiger charge is 2.28. The molecule has 0 unspecified atom stereocenters. The van der Waals surface area contributed by atoms with Gasteiger partial charge in [0.15, 0.2) is 0 Å². The van der Waals surface area contributed by atoms with Crippen LogP contribution in [0.25, 0.3) is 0 Å². The van der Waals surface area contributed by atoms with Gasteiger partial charge in [0.05, 0.1) is 6.10 Å². The molecule has 128 valence electrons. The number of hydrogen-bond donors (Lipinski definition) is 1. The summed E-state index contributed by atoms with van der Waals surface area (Å²) in [5.74, 6) is 0.241. The number of amides is 1. The number of aliphatic hydroxyl groups excluding tert-OH is 1. The van der Waals surface area contributed by atoms with Crippen LogP contribution in [0, 0.1) is 0 Å². The first-order chi connectivity index (χ1) is 11.2. The molecule has 0 spiro atoms. The van der Waals surface area contributed by atoms with Crippen LogP contribution in [-0.2, 0) is 11.3 Å². The van der Waals surface area contributed by atoms with Crippen LogP contribution < -0.4 is 0 Å². The molecule has 0 atom stereocenters. The summed E-state index contributed by atoms with van der Waals surface area (Å²) < 4.78 is 1.66. The van der Waals surface area contributed by atoms with Crippen LogP contribution in [0.15, 0.2) is 6.33 Å². The van der Waals surface area contributed by atoms with E-state index in [9.17, 15) is 9.90 Å². The van der Waals surface area contributed by atoms with Crippen LogP contribution in [0.5, 0.6) is 0 Å². The molecule has 8 heteroatoms. The van der Waals surface area contributed by atoms with Gasteiger partial charge in [-0.25, -0.2) is 4.68 Å². The summed E-state index contributed by atoms with van der Waals surface area (Å²) in [4.78, 5) is 16.8. The lowest BCUT2D eigenvalue weighted by atomic mass is 9.98. The number of likely N-dealkylation sites (tertiary alicyclic amines) is 2.